The summed E-state index contributed by atoms with van der Waals surface area (Å²) < 4.78 is 16.8. The number of nitrogens with two attached hydrogens (primary N) is 1. The minimum absolute atomic E-state index is 0.0398. The van der Waals surface area contributed by atoms with Crippen LogP contribution in [0.5, 0.6) is 11.5 Å². The molecule has 24 heavy (non-hydrogen) atoms. The molecular formula is C17H13BrN2O4. The van der Waals surface area contributed by atoms with Crippen molar-refractivity contribution in [3.63, 3.8) is 0 Å². The van der Waals surface area contributed by atoms with Gasteiger partial charge in [-0.05, 0) is 25.1 Å². The van der Waals surface area contributed by atoms with Crippen LogP contribution in [0.25, 0.3) is 0 Å². The first-order valence-electron chi connectivity index (χ1n) is 7.02. The van der Waals surface area contributed by atoms with Crippen molar-refractivity contribution >= 4 is 15.9 Å². The summed E-state index contributed by atoms with van der Waals surface area (Å²) in [6.07, 6.45) is 0. The van der Waals surface area contributed by atoms with E-state index in [4.69, 9.17) is 19.6 Å². The molecule has 0 saturated heterocycles. The highest BCUT2D eigenvalue weighted by Gasteiger charge is 2.36. The third-order valence-corrected chi connectivity index (χ3v) is 4.25. The van der Waals surface area contributed by atoms with Gasteiger partial charge in [0.15, 0.2) is 0 Å². The number of ether oxygens (including phenoxy) is 2. The van der Waals surface area contributed by atoms with Crippen molar-refractivity contribution in [1.82, 2.24) is 0 Å². The third kappa shape index (κ3) is 2.55. The van der Waals surface area contributed by atoms with Gasteiger partial charge in [0.25, 0.3) is 0 Å². The molecule has 122 valence electrons. The fraction of sp³-hybridized carbons (Fsp3) is 0.176. The van der Waals surface area contributed by atoms with Crippen molar-refractivity contribution in [2.45, 2.75) is 12.8 Å². The van der Waals surface area contributed by atoms with Gasteiger partial charge in [-0.15, -0.1) is 0 Å². The first-order chi connectivity index (χ1) is 11.5. The van der Waals surface area contributed by atoms with Gasteiger partial charge in [0.2, 0.25) is 5.88 Å². The zero-order valence-electron chi connectivity index (χ0n) is 12.9. The van der Waals surface area contributed by atoms with Gasteiger partial charge in [0, 0.05) is 16.1 Å². The van der Waals surface area contributed by atoms with Gasteiger partial charge < -0.3 is 19.6 Å². The lowest BCUT2D eigenvalue weighted by molar-refractivity contribution is 0.367. The molecule has 0 aliphatic carbocycles. The monoisotopic (exact) mass is 388 g/mol. The molecule has 0 unspecified atom stereocenters. The van der Waals surface area contributed by atoms with Gasteiger partial charge in [-0.2, -0.15) is 5.26 Å². The van der Waals surface area contributed by atoms with E-state index < -0.39 is 11.5 Å². The lowest BCUT2D eigenvalue weighted by Gasteiger charge is -2.26. The number of fused-ring (bicyclic) bond motifs is 1. The lowest BCUT2D eigenvalue weighted by Crippen LogP contribution is -2.26. The smallest absolute Gasteiger partial charge is 0.343 e. The zero-order valence-corrected chi connectivity index (χ0v) is 14.5. The molecule has 1 aromatic heterocycles. The van der Waals surface area contributed by atoms with Crippen molar-refractivity contribution in [3.8, 4) is 17.6 Å². The van der Waals surface area contributed by atoms with Gasteiger partial charge in [-0.25, -0.2) is 4.79 Å². The molecule has 2 N–H and O–H groups in total. The average molecular weight is 389 g/mol. The number of aryl methyl sites for hydroxylation is 1. The first kappa shape index (κ1) is 16.1. The summed E-state index contributed by atoms with van der Waals surface area (Å²) in [5.41, 5.74) is 6.32. The fourth-order valence-corrected chi connectivity index (χ4v) is 3.14. The second-order valence-corrected chi connectivity index (χ2v) is 6.15. The summed E-state index contributed by atoms with van der Waals surface area (Å²) in [5.74, 6) is 0.431. The quantitative estimate of drug-likeness (QED) is 0.848. The summed E-state index contributed by atoms with van der Waals surface area (Å²) in [5, 5.41) is 9.54. The van der Waals surface area contributed by atoms with Gasteiger partial charge in [-0.3, -0.25) is 0 Å². The van der Waals surface area contributed by atoms with Crippen LogP contribution < -0.4 is 20.8 Å². The molecule has 0 amide bonds. The molecule has 0 radical (unpaired) electrons. The second-order valence-electron chi connectivity index (χ2n) is 5.23. The van der Waals surface area contributed by atoms with Crippen molar-refractivity contribution in [3.05, 3.63) is 67.5 Å². The number of halogens is 1. The van der Waals surface area contributed by atoms with Crippen LogP contribution in [0.1, 0.15) is 22.8 Å². The van der Waals surface area contributed by atoms with E-state index in [0.29, 0.717) is 17.1 Å². The number of nitriles is 1. The Labute approximate surface area is 146 Å². The molecular weight excluding hydrogens is 376 g/mol. The van der Waals surface area contributed by atoms with Crippen LogP contribution in [-0.2, 0) is 0 Å². The van der Waals surface area contributed by atoms with Gasteiger partial charge in [0.05, 0.1) is 18.6 Å². The van der Waals surface area contributed by atoms with E-state index >= 15 is 0 Å². The Bertz CT molecular complexity index is 956. The molecule has 1 atom stereocenters. The maximum Gasteiger partial charge on any atom is 0.343 e. The largest absolute Gasteiger partial charge is 0.496 e. The molecule has 3 rings (SSSR count). The number of allylic oxidation sites excluding steroid dienone is 1. The third-order valence-electron chi connectivity index (χ3n) is 3.76. The van der Waals surface area contributed by atoms with E-state index in [1.807, 2.05) is 6.07 Å². The Balaban J connectivity index is 2.37. The van der Waals surface area contributed by atoms with Crippen LogP contribution in [-0.4, -0.2) is 7.11 Å². The minimum Gasteiger partial charge on any atom is -0.496 e. The van der Waals surface area contributed by atoms with E-state index in [9.17, 15) is 10.1 Å². The molecule has 1 aliphatic rings. The highest BCUT2D eigenvalue weighted by molar-refractivity contribution is 9.10. The van der Waals surface area contributed by atoms with Crippen molar-refractivity contribution in [2.24, 2.45) is 5.73 Å². The number of hydrogen-bond donors (Lipinski definition) is 1. The van der Waals surface area contributed by atoms with E-state index in [1.165, 1.54) is 7.11 Å². The van der Waals surface area contributed by atoms with Gasteiger partial charge >= 0.3 is 5.63 Å². The van der Waals surface area contributed by atoms with Crippen LogP contribution in [0.2, 0.25) is 0 Å². The topological polar surface area (TPSA) is 98.5 Å². The lowest BCUT2D eigenvalue weighted by atomic mass is 9.84. The van der Waals surface area contributed by atoms with Crippen LogP contribution in [0.15, 0.2) is 49.4 Å². The van der Waals surface area contributed by atoms with Gasteiger partial charge in [0.1, 0.15) is 28.9 Å². The highest BCUT2D eigenvalue weighted by Crippen LogP contribution is 2.44. The summed E-state index contributed by atoms with van der Waals surface area (Å²) in [6, 6.07) is 8.94. The summed E-state index contributed by atoms with van der Waals surface area (Å²) in [7, 11) is 1.52. The molecule has 1 aliphatic heterocycles. The summed E-state index contributed by atoms with van der Waals surface area (Å²) >= 11 is 3.40. The SMILES string of the molecule is COc1ccc(Br)cc1[C@@H]1C(C#N)=C(N)Oc2cc(C)oc(=O)c21. The number of hydrogen-bond acceptors (Lipinski definition) is 6. The highest BCUT2D eigenvalue weighted by atomic mass is 79.9. The molecule has 1 aromatic carbocycles. The average Bonchev–Trinajstić information content (AvgIpc) is 2.53. The molecule has 6 nitrogen and oxygen atoms in total. The first-order valence-corrected chi connectivity index (χ1v) is 7.81. The van der Waals surface area contributed by atoms with Crippen LogP contribution >= 0.6 is 15.9 Å². The van der Waals surface area contributed by atoms with Crippen molar-refractivity contribution in [2.75, 3.05) is 7.11 Å². The van der Waals surface area contributed by atoms with E-state index in [0.717, 1.165) is 4.47 Å². The van der Waals surface area contributed by atoms with Crippen LogP contribution in [0.3, 0.4) is 0 Å². The number of nitrogens with zero attached hydrogens (tertiary/aromatic N) is 1. The minimum atomic E-state index is -0.733. The zero-order chi connectivity index (χ0) is 17.4. The Kier molecular flexibility index (Phi) is 4.08. The standard InChI is InChI=1S/C17H13BrN2O4/c1-8-5-13-15(17(21)23-8)14(11(7-19)16(20)24-13)10-6-9(18)3-4-12(10)22-2/h3-6,14H,20H2,1-2H3/t14-/m1/s1. The maximum absolute atomic E-state index is 12.4. The maximum atomic E-state index is 12.4. The van der Waals surface area contributed by atoms with E-state index in [-0.39, 0.29) is 22.8 Å². The van der Waals surface area contributed by atoms with Crippen molar-refractivity contribution < 1.29 is 13.9 Å². The summed E-state index contributed by atoms with van der Waals surface area (Å²) in [6.45, 7) is 1.64. The number of methoxy groups -OCH3 is 1. The van der Waals surface area contributed by atoms with Gasteiger partial charge in [-0.1, -0.05) is 15.9 Å². The number of benzene rings is 1. The predicted octanol–water partition coefficient (Wildman–Crippen LogP) is 2.94. The Hall–Kier alpha value is -2.72. The second kappa shape index (κ2) is 6.06. The summed E-state index contributed by atoms with van der Waals surface area (Å²) in [4.78, 5) is 12.4. The molecule has 0 spiro atoms. The molecule has 7 heteroatoms. The Morgan fingerprint density at radius 3 is 2.79 bits per heavy atom. The van der Waals surface area contributed by atoms with E-state index in [1.54, 1.807) is 31.2 Å². The number of rotatable bonds is 2. The normalized spacial score (nSPS) is 16.2. The molecule has 0 bridgehead atoms. The van der Waals surface area contributed by atoms with Crippen LogP contribution in [0.4, 0.5) is 0 Å². The molecule has 0 saturated carbocycles. The fourth-order valence-electron chi connectivity index (χ4n) is 2.76. The van der Waals surface area contributed by atoms with E-state index in [2.05, 4.69) is 15.9 Å². The molecule has 2 aromatic rings. The molecule has 0 fully saturated rings. The Morgan fingerprint density at radius 1 is 1.38 bits per heavy atom. The van der Waals surface area contributed by atoms with Crippen molar-refractivity contribution in [1.29, 1.82) is 5.26 Å². The predicted molar refractivity (Wildman–Crippen MR) is 89.7 cm³/mol. The van der Waals surface area contributed by atoms with Crippen LogP contribution in [0, 0.1) is 18.3 Å². The molecule has 2 heterocycles. The Morgan fingerprint density at radius 2 is 2.12 bits per heavy atom.